The van der Waals surface area contributed by atoms with Crippen molar-refractivity contribution in [3.63, 3.8) is 0 Å². The topological polar surface area (TPSA) is 78.9 Å². The molecule has 1 aromatic heterocycles. The number of nitriles is 1. The molecule has 5 nitrogen and oxygen atoms in total. The number of ketones is 1. The number of hydrogen-bond acceptors (Lipinski definition) is 4. The van der Waals surface area contributed by atoms with Crippen LogP contribution >= 0.6 is 0 Å². The van der Waals surface area contributed by atoms with Gasteiger partial charge in [0.1, 0.15) is 6.07 Å². The first-order valence-corrected chi connectivity index (χ1v) is 13.9. The molecule has 1 heterocycles. The standard InChI is InChI=1S/C29H41N3O2/c1-17-12-24(25(33)16-32-15-20(14-30)27(31-32)18-4-5-18)29(3)11-9-22-21-8-10-28(2,34)13-19(21)6-7-23(22)26(17)29/h15,17-19,21-24,26,34H,4-13,16H2,1-3H3/t17-,19-,21+,22-,23-,24-,26+,28-,29-/m1/s1. The Hall–Kier alpha value is -1.67. The number of aromatic nitrogens is 2. The van der Waals surface area contributed by atoms with Crippen LogP contribution in [-0.4, -0.2) is 26.3 Å². The van der Waals surface area contributed by atoms with Crippen molar-refractivity contribution in [3.05, 3.63) is 17.5 Å². The van der Waals surface area contributed by atoms with Crippen LogP contribution in [-0.2, 0) is 11.3 Å². The molecule has 5 heteroatoms. The van der Waals surface area contributed by atoms with Crippen molar-refractivity contribution < 1.29 is 9.90 Å². The summed E-state index contributed by atoms with van der Waals surface area (Å²) in [6.07, 6.45) is 13.1. The highest BCUT2D eigenvalue weighted by molar-refractivity contribution is 5.82. The molecule has 1 N–H and O–H groups in total. The SMILES string of the molecule is C[C@@H]1C[C@H](C(=O)Cn2cc(C#N)c(C3CC3)n2)[C@@]2(C)CC[C@H]3[C@@H](CC[C@@H]4C[C@](C)(O)CC[C@@H]43)[C@H]12. The molecule has 5 fully saturated rings. The van der Waals surface area contributed by atoms with E-state index >= 15 is 0 Å². The quantitative estimate of drug-likeness (QED) is 0.642. The van der Waals surface area contributed by atoms with Gasteiger partial charge in [-0.2, -0.15) is 10.4 Å². The van der Waals surface area contributed by atoms with Gasteiger partial charge < -0.3 is 5.11 Å². The van der Waals surface area contributed by atoms with Gasteiger partial charge in [0.05, 0.1) is 23.4 Å². The maximum Gasteiger partial charge on any atom is 0.157 e. The van der Waals surface area contributed by atoms with Crippen LogP contribution < -0.4 is 0 Å². The van der Waals surface area contributed by atoms with Crippen LogP contribution in [0, 0.1) is 58.2 Å². The Kier molecular flexibility index (Phi) is 5.30. The van der Waals surface area contributed by atoms with Crippen molar-refractivity contribution in [1.82, 2.24) is 9.78 Å². The van der Waals surface area contributed by atoms with Gasteiger partial charge in [0.2, 0.25) is 0 Å². The summed E-state index contributed by atoms with van der Waals surface area (Å²) >= 11 is 0. The Balaban J connectivity index is 1.20. The summed E-state index contributed by atoms with van der Waals surface area (Å²) < 4.78 is 1.76. The van der Waals surface area contributed by atoms with E-state index in [4.69, 9.17) is 0 Å². The van der Waals surface area contributed by atoms with Crippen LogP contribution in [0.2, 0.25) is 0 Å². The van der Waals surface area contributed by atoms with Gasteiger partial charge in [0.15, 0.2) is 5.78 Å². The first kappa shape index (κ1) is 22.8. The van der Waals surface area contributed by atoms with Crippen molar-refractivity contribution in [2.75, 3.05) is 0 Å². The van der Waals surface area contributed by atoms with E-state index < -0.39 is 5.60 Å². The fourth-order valence-electron chi connectivity index (χ4n) is 9.65. The normalized spacial score (nSPS) is 45.7. The first-order valence-electron chi connectivity index (χ1n) is 13.9. The lowest BCUT2D eigenvalue weighted by atomic mass is 9.48. The predicted molar refractivity (Wildman–Crippen MR) is 130 cm³/mol. The highest BCUT2D eigenvalue weighted by atomic mass is 16.3. The molecule has 1 aromatic rings. The number of aliphatic hydroxyl groups is 1. The van der Waals surface area contributed by atoms with Gasteiger partial charge in [0, 0.05) is 18.0 Å². The number of fused-ring (bicyclic) bond motifs is 5. The van der Waals surface area contributed by atoms with Crippen LogP contribution in [0.1, 0.15) is 102 Å². The molecule has 5 saturated carbocycles. The van der Waals surface area contributed by atoms with Crippen LogP contribution in [0.4, 0.5) is 0 Å². The molecule has 0 aliphatic heterocycles. The molecule has 0 bridgehead atoms. The minimum Gasteiger partial charge on any atom is -0.390 e. The van der Waals surface area contributed by atoms with E-state index in [0.717, 1.165) is 62.0 Å². The van der Waals surface area contributed by atoms with Crippen molar-refractivity contribution in [3.8, 4) is 6.07 Å². The number of carbonyl (C=O) groups is 1. The minimum absolute atomic E-state index is 0.0925. The van der Waals surface area contributed by atoms with Crippen LogP contribution in [0.5, 0.6) is 0 Å². The molecule has 9 atom stereocenters. The minimum atomic E-state index is -0.466. The molecular formula is C29H41N3O2. The molecule has 0 unspecified atom stereocenters. The van der Waals surface area contributed by atoms with E-state index in [1.54, 1.807) is 10.9 Å². The highest BCUT2D eigenvalue weighted by Gasteiger charge is 2.61. The zero-order chi connectivity index (χ0) is 23.8. The van der Waals surface area contributed by atoms with E-state index in [1.165, 1.54) is 25.7 Å². The molecule has 5 aliphatic rings. The van der Waals surface area contributed by atoms with Crippen LogP contribution in [0.3, 0.4) is 0 Å². The van der Waals surface area contributed by atoms with Gasteiger partial charge in [-0.15, -0.1) is 0 Å². The molecule has 0 radical (unpaired) electrons. The molecule has 0 saturated heterocycles. The Morgan fingerprint density at radius 2 is 1.91 bits per heavy atom. The lowest BCUT2D eigenvalue weighted by molar-refractivity contribution is -0.133. The Morgan fingerprint density at radius 3 is 2.65 bits per heavy atom. The van der Waals surface area contributed by atoms with Crippen molar-refractivity contribution >= 4 is 5.78 Å². The molecular weight excluding hydrogens is 422 g/mol. The number of Topliss-reactive ketones (excluding diaryl/α,β-unsaturated/α-hetero) is 1. The summed E-state index contributed by atoms with van der Waals surface area (Å²) in [6, 6.07) is 2.29. The highest BCUT2D eigenvalue weighted by Crippen LogP contribution is 2.66. The lowest BCUT2D eigenvalue weighted by Gasteiger charge is -2.57. The summed E-state index contributed by atoms with van der Waals surface area (Å²) in [7, 11) is 0. The molecule has 0 spiro atoms. The van der Waals surface area contributed by atoms with Crippen molar-refractivity contribution in [2.45, 2.75) is 103 Å². The zero-order valence-corrected chi connectivity index (χ0v) is 21.2. The average Bonchev–Trinajstić information content (AvgIpc) is 3.49. The number of nitrogens with zero attached hydrogens (tertiary/aromatic N) is 3. The third kappa shape index (κ3) is 3.58. The van der Waals surface area contributed by atoms with Gasteiger partial charge in [-0.3, -0.25) is 9.48 Å². The van der Waals surface area contributed by atoms with Gasteiger partial charge in [-0.05, 0) is 112 Å². The maximum atomic E-state index is 13.7. The van der Waals surface area contributed by atoms with Crippen molar-refractivity contribution in [1.29, 1.82) is 5.26 Å². The van der Waals surface area contributed by atoms with Gasteiger partial charge in [-0.1, -0.05) is 13.8 Å². The Morgan fingerprint density at radius 1 is 1.15 bits per heavy atom. The maximum absolute atomic E-state index is 13.7. The summed E-state index contributed by atoms with van der Waals surface area (Å²) in [5.41, 5.74) is 1.19. The Bertz CT molecular complexity index is 1020. The third-order valence-corrected chi connectivity index (χ3v) is 11.1. The van der Waals surface area contributed by atoms with Crippen molar-refractivity contribution in [2.24, 2.45) is 46.8 Å². The number of rotatable bonds is 4. The monoisotopic (exact) mass is 463 g/mol. The van der Waals surface area contributed by atoms with E-state index in [1.807, 2.05) is 6.92 Å². The van der Waals surface area contributed by atoms with E-state index in [2.05, 4.69) is 25.0 Å². The summed E-state index contributed by atoms with van der Waals surface area (Å²) in [4.78, 5) is 13.7. The van der Waals surface area contributed by atoms with E-state index in [-0.39, 0.29) is 11.3 Å². The van der Waals surface area contributed by atoms with Gasteiger partial charge in [-0.25, -0.2) is 0 Å². The van der Waals surface area contributed by atoms with Gasteiger partial charge in [0.25, 0.3) is 0 Å². The molecule has 5 aliphatic carbocycles. The molecule has 34 heavy (non-hydrogen) atoms. The summed E-state index contributed by atoms with van der Waals surface area (Å²) in [6.45, 7) is 7.19. The molecule has 0 amide bonds. The van der Waals surface area contributed by atoms with Crippen LogP contribution in [0.25, 0.3) is 0 Å². The second-order valence-electron chi connectivity index (χ2n) is 13.4. The van der Waals surface area contributed by atoms with Gasteiger partial charge >= 0.3 is 0 Å². The fraction of sp³-hybridized carbons (Fsp3) is 0.828. The fourth-order valence-corrected chi connectivity index (χ4v) is 9.65. The lowest BCUT2D eigenvalue weighted by Crippen LogP contribution is -2.51. The van der Waals surface area contributed by atoms with E-state index in [0.29, 0.717) is 41.6 Å². The largest absolute Gasteiger partial charge is 0.390 e. The smallest absolute Gasteiger partial charge is 0.157 e. The van der Waals surface area contributed by atoms with E-state index in [9.17, 15) is 15.2 Å². The average molecular weight is 464 g/mol. The third-order valence-electron chi connectivity index (χ3n) is 11.1. The number of hydrogen-bond donors (Lipinski definition) is 1. The second-order valence-corrected chi connectivity index (χ2v) is 13.4. The predicted octanol–water partition coefficient (Wildman–Crippen LogP) is 5.47. The second kappa shape index (κ2) is 7.92. The summed E-state index contributed by atoms with van der Waals surface area (Å²) in [5, 5.41) is 24.8. The first-order chi connectivity index (χ1) is 16.2. The number of carbonyl (C=O) groups excluding carboxylic acids is 1. The van der Waals surface area contributed by atoms with Crippen LogP contribution in [0.15, 0.2) is 6.20 Å². The molecule has 184 valence electrons. The summed E-state index contributed by atoms with van der Waals surface area (Å²) in [5.74, 6) is 5.08. The molecule has 6 rings (SSSR count). The molecule has 0 aromatic carbocycles. The Labute approximate surface area is 204 Å². The zero-order valence-electron chi connectivity index (χ0n) is 21.2.